The Morgan fingerprint density at radius 2 is 1.91 bits per heavy atom. The molecule has 0 unspecified atom stereocenters. The number of hydrogen-bond donors (Lipinski definition) is 0. The first kappa shape index (κ1) is 10.2. The molecule has 0 atom stereocenters. The molecule has 0 rings (SSSR count). The third-order valence-corrected chi connectivity index (χ3v) is 1.68. The van der Waals surface area contributed by atoms with Crippen molar-refractivity contribution in [1.82, 2.24) is 0 Å². The molecular weight excluding hydrogens is 132 g/mol. The van der Waals surface area contributed by atoms with E-state index in [1.165, 1.54) is 5.57 Å². The molecule has 0 heterocycles. The van der Waals surface area contributed by atoms with Gasteiger partial charge in [-0.2, -0.15) is 0 Å². The van der Waals surface area contributed by atoms with Crippen molar-refractivity contribution >= 4 is 0 Å². The summed E-state index contributed by atoms with van der Waals surface area (Å²) in [6, 6.07) is 0. The summed E-state index contributed by atoms with van der Waals surface area (Å²) in [4.78, 5) is 0. The van der Waals surface area contributed by atoms with E-state index in [0.717, 1.165) is 19.3 Å². The van der Waals surface area contributed by atoms with Crippen LogP contribution in [0.5, 0.6) is 0 Å². The highest BCUT2D eigenvalue weighted by Gasteiger charge is 1.84. The van der Waals surface area contributed by atoms with Crippen molar-refractivity contribution in [3.63, 3.8) is 0 Å². The molecule has 0 nitrogen and oxygen atoms in total. The van der Waals surface area contributed by atoms with Gasteiger partial charge in [-0.05, 0) is 19.3 Å². The minimum absolute atomic E-state index is 0.969. The van der Waals surface area contributed by atoms with Gasteiger partial charge in [0.05, 0.1) is 0 Å². The Hall–Kier alpha value is -0.780. The van der Waals surface area contributed by atoms with E-state index in [1.807, 2.05) is 6.08 Å². The van der Waals surface area contributed by atoms with Gasteiger partial charge in [0.1, 0.15) is 0 Å². The van der Waals surface area contributed by atoms with Crippen LogP contribution in [0.1, 0.15) is 33.1 Å². The summed E-state index contributed by atoms with van der Waals surface area (Å²) in [6.07, 6.45) is 11.6. The maximum Gasteiger partial charge on any atom is -0.0169 e. The summed E-state index contributed by atoms with van der Waals surface area (Å²) in [5.41, 5.74) is 1.50. The van der Waals surface area contributed by atoms with E-state index in [9.17, 15) is 0 Å². The maximum atomic E-state index is 3.65. The van der Waals surface area contributed by atoms with E-state index >= 15 is 0 Å². The van der Waals surface area contributed by atoms with Crippen LogP contribution in [0.3, 0.4) is 0 Å². The molecule has 0 aromatic rings. The Bertz CT molecular complexity index is 143. The van der Waals surface area contributed by atoms with E-state index < -0.39 is 0 Å². The largest absolute Gasteiger partial charge is 0.103 e. The lowest BCUT2D eigenvalue weighted by Crippen LogP contribution is -1.74. The highest BCUT2D eigenvalue weighted by molar-refractivity contribution is 5.12. The third-order valence-electron chi connectivity index (χ3n) is 1.68. The molecule has 11 heavy (non-hydrogen) atoms. The van der Waals surface area contributed by atoms with Gasteiger partial charge < -0.3 is 0 Å². The van der Waals surface area contributed by atoms with Crippen LogP contribution >= 0.6 is 0 Å². The van der Waals surface area contributed by atoms with Gasteiger partial charge in [0, 0.05) is 0 Å². The minimum atomic E-state index is 0.969. The van der Waals surface area contributed by atoms with Crippen molar-refractivity contribution < 1.29 is 0 Å². The average molecular weight is 150 g/mol. The van der Waals surface area contributed by atoms with Crippen LogP contribution in [0.15, 0.2) is 36.5 Å². The first-order valence-electron chi connectivity index (χ1n) is 4.30. The molecule has 0 spiro atoms. The fourth-order valence-electron chi connectivity index (χ4n) is 0.865. The molecule has 0 bridgehead atoms. The summed E-state index contributed by atoms with van der Waals surface area (Å²) in [5.74, 6) is 0. The van der Waals surface area contributed by atoms with Crippen LogP contribution in [0.2, 0.25) is 0 Å². The van der Waals surface area contributed by atoms with Gasteiger partial charge in [-0.15, -0.1) is 6.58 Å². The van der Waals surface area contributed by atoms with Crippen LogP contribution in [0.25, 0.3) is 0 Å². The lowest BCUT2D eigenvalue weighted by Gasteiger charge is -1.94. The molecule has 0 amide bonds. The average Bonchev–Trinajstić information content (AvgIpc) is 2.05. The monoisotopic (exact) mass is 150 g/mol. The molecule has 0 aliphatic carbocycles. The molecule has 0 heteroatoms. The summed E-state index contributed by atoms with van der Waals surface area (Å²) in [5, 5.41) is 0. The molecule has 62 valence electrons. The summed E-state index contributed by atoms with van der Waals surface area (Å²) in [6.45, 7) is 8.03. The van der Waals surface area contributed by atoms with Crippen LogP contribution in [-0.4, -0.2) is 0 Å². The fourth-order valence-corrected chi connectivity index (χ4v) is 0.865. The van der Waals surface area contributed by atoms with E-state index in [0.29, 0.717) is 0 Å². The SMILES string of the molecule is C=CC/C=C\C=C(CC)CC. The highest BCUT2D eigenvalue weighted by Crippen LogP contribution is 2.04. The Kier molecular flexibility index (Phi) is 6.81. The summed E-state index contributed by atoms with van der Waals surface area (Å²) < 4.78 is 0. The molecule has 0 aliphatic heterocycles. The molecular formula is C11H18. The third kappa shape index (κ3) is 5.65. The van der Waals surface area contributed by atoms with Gasteiger partial charge in [0.15, 0.2) is 0 Å². The number of allylic oxidation sites excluding steroid dienone is 5. The Morgan fingerprint density at radius 1 is 1.27 bits per heavy atom. The van der Waals surface area contributed by atoms with Gasteiger partial charge in [-0.3, -0.25) is 0 Å². The first-order valence-corrected chi connectivity index (χ1v) is 4.30. The van der Waals surface area contributed by atoms with Gasteiger partial charge in [0.2, 0.25) is 0 Å². The highest BCUT2D eigenvalue weighted by atomic mass is 13.9. The maximum absolute atomic E-state index is 3.65. The molecule has 0 saturated carbocycles. The predicted octanol–water partition coefficient (Wildman–Crippen LogP) is 3.87. The molecule has 0 fully saturated rings. The zero-order valence-corrected chi connectivity index (χ0v) is 7.64. The summed E-state index contributed by atoms with van der Waals surface area (Å²) >= 11 is 0. The van der Waals surface area contributed by atoms with Gasteiger partial charge >= 0.3 is 0 Å². The van der Waals surface area contributed by atoms with Crippen LogP contribution < -0.4 is 0 Å². The molecule has 0 saturated heterocycles. The van der Waals surface area contributed by atoms with E-state index in [-0.39, 0.29) is 0 Å². The van der Waals surface area contributed by atoms with E-state index in [2.05, 4.69) is 38.7 Å². The second kappa shape index (κ2) is 7.33. The second-order valence-corrected chi connectivity index (χ2v) is 2.48. The zero-order valence-electron chi connectivity index (χ0n) is 7.64. The Balaban J connectivity index is 3.76. The zero-order chi connectivity index (χ0) is 8.53. The van der Waals surface area contributed by atoms with E-state index in [1.54, 1.807) is 0 Å². The fraction of sp³-hybridized carbons (Fsp3) is 0.455. The van der Waals surface area contributed by atoms with Crippen molar-refractivity contribution in [1.29, 1.82) is 0 Å². The van der Waals surface area contributed by atoms with Gasteiger partial charge in [-0.25, -0.2) is 0 Å². The smallest absolute Gasteiger partial charge is 0.0169 e. The van der Waals surface area contributed by atoms with Crippen molar-refractivity contribution in [2.75, 3.05) is 0 Å². The molecule has 0 aliphatic rings. The minimum Gasteiger partial charge on any atom is -0.103 e. The Morgan fingerprint density at radius 3 is 2.36 bits per heavy atom. The van der Waals surface area contributed by atoms with Gasteiger partial charge in [-0.1, -0.05) is 43.7 Å². The normalized spacial score (nSPS) is 10.0. The van der Waals surface area contributed by atoms with Crippen molar-refractivity contribution in [3.05, 3.63) is 36.5 Å². The Labute approximate surface area is 70.3 Å². The van der Waals surface area contributed by atoms with Crippen LogP contribution in [0.4, 0.5) is 0 Å². The standard InChI is InChI=1S/C11H18/c1-4-7-8-9-10-11(5-2)6-3/h4,8-10H,1,5-7H2,2-3H3/b9-8-. The molecule has 0 aromatic carbocycles. The molecule has 0 radical (unpaired) electrons. The van der Waals surface area contributed by atoms with Gasteiger partial charge in [0.25, 0.3) is 0 Å². The molecule has 0 N–H and O–H groups in total. The lowest BCUT2D eigenvalue weighted by molar-refractivity contribution is 0.978. The van der Waals surface area contributed by atoms with E-state index in [4.69, 9.17) is 0 Å². The predicted molar refractivity (Wildman–Crippen MR) is 52.6 cm³/mol. The lowest BCUT2D eigenvalue weighted by atomic mass is 10.1. The van der Waals surface area contributed by atoms with Crippen LogP contribution in [-0.2, 0) is 0 Å². The topological polar surface area (TPSA) is 0 Å². The number of rotatable bonds is 5. The molecule has 0 aromatic heterocycles. The van der Waals surface area contributed by atoms with Crippen molar-refractivity contribution in [3.8, 4) is 0 Å². The quantitative estimate of drug-likeness (QED) is 0.412. The second-order valence-electron chi connectivity index (χ2n) is 2.48. The number of hydrogen-bond acceptors (Lipinski definition) is 0. The summed E-state index contributed by atoms with van der Waals surface area (Å²) in [7, 11) is 0. The van der Waals surface area contributed by atoms with Crippen molar-refractivity contribution in [2.45, 2.75) is 33.1 Å². The first-order chi connectivity index (χ1) is 5.35. The van der Waals surface area contributed by atoms with Crippen molar-refractivity contribution in [2.24, 2.45) is 0 Å². The van der Waals surface area contributed by atoms with Crippen LogP contribution in [0, 0.1) is 0 Å².